The molecule has 3 nitrogen and oxygen atoms in total. The molecule has 0 aliphatic rings. The molecule has 152 valence electrons. The van der Waals surface area contributed by atoms with Gasteiger partial charge in [0.1, 0.15) is 5.69 Å². The molecule has 0 unspecified atom stereocenters. The zero-order chi connectivity index (χ0) is 21.5. The summed E-state index contributed by atoms with van der Waals surface area (Å²) in [5, 5.41) is 0. The van der Waals surface area contributed by atoms with Gasteiger partial charge in [-0.05, 0) is 67.3 Å². The second-order valence-electron chi connectivity index (χ2n) is 8.22. The van der Waals surface area contributed by atoms with E-state index in [0.717, 1.165) is 11.4 Å². The van der Waals surface area contributed by atoms with E-state index in [1.54, 1.807) is 0 Å². The van der Waals surface area contributed by atoms with Crippen LogP contribution in [0.3, 0.4) is 0 Å². The van der Waals surface area contributed by atoms with Crippen molar-refractivity contribution < 1.29 is 4.57 Å². The number of para-hydroxylation sites is 1. The van der Waals surface area contributed by atoms with Crippen molar-refractivity contribution in [2.24, 2.45) is 7.05 Å². The van der Waals surface area contributed by atoms with Crippen LogP contribution in [0.15, 0.2) is 85.2 Å². The number of fused-ring (bicyclic) bond motifs is 1. The van der Waals surface area contributed by atoms with E-state index >= 15 is 0 Å². The number of imidazole rings is 1. The first-order valence-electron chi connectivity index (χ1n) is 10.6. The number of pyridine rings is 1. The lowest BCUT2D eigenvalue weighted by Crippen LogP contribution is -2.30. The smallest absolute Gasteiger partial charge is 0.264 e. The minimum Gasteiger partial charge on any atom is -0.264 e. The van der Waals surface area contributed by atoms with Crippen LogP contribution in [0.2, 0.25) is 0 Å². The summed E-state index contributed by atoms with van der Waals surface area (Å²) in [5.74, 6) is 1.13. The van der Waals surface area contributed by atoms with Gasteiger partial charge in [-0.3, -0.25) is 4.98 Å². The first kappa shape index (κ1) is 19.3. The zero-order valence-electron chi connectivity index (χ0n) is 18.4. The Morgan fingerprint density at radius 2 is 1.45 bits per heavy atom. The average molecular weight is 405 g/mol. The van der Waals surface area contributed by atoms with Crippen LogP contribution in [-0.4, -0.2) is 9.55 Å². The van der Waals surface area contributed by atoms with Crippen LogP contribution in [0.25, 0.3) is 39.2 Å². The largest absolute Gasteiger partial charge is 0.296 e. The number of rotatable bonds is 3. The van der Waals surface area contributed by atoms with Gasteiger partial charge in [0.25, 0.3) is 5.82 Å². The lowest BCUT2D eigenvalue weighted by molar-refractivity contribution is -0.633. The fourth-order valence-electron chi connectivity index (χ4n) is 4.39. The molecule has 3 aromatic carbocycles. The average Bonchev–Trinajstić information content (AvgIpc) is 3.06. The minimum absolute atomic E-state index is 1.13. The van der Waals surface area contributed by atoms with Crippen molar-refractivity contribution in [1.82, 2.24) is 9.55 Å². The van der Waals surface area contributed by atoms with Crippen LogP contribution >= 0.6 is 0 Å². The zero-order valence-corrected chi connectivity index (χ0v) is 18.4. The van der Waals surface area contributed by atoms with Gasteiger partial charge in [0.15, 0.2) is 11.0 Å². The summed E-state index contributed by atoms with van der Waals surface area (Å²) in [4.78, 5) is 4.46. The Kier molecular flexibility index (Phi) is 4.67. The predicted molar refractivity (Wildman–Crippen MR) is 127 cm³/mol. The molecule has 0 spiro atoms. The lowest BCUT2D eigenvalue weighted by atomic mass is 10.0. The molecule has 2 heterocycles. The van der Waals surface area contributed by atoms with Crippen molar-refractivity contribution in [2.45, 2.75) is 20.8 Å². The van der Waals surface area contributed by atoms with E-state index in [2.05, 4.69) is 115 Å². The highest BCUT2D eigenvalue weighted by molar-refractivity contribution is 5.84. The Morgan fingerprint density at radius 1 is 0.742 bits per heavy atom. The summed E-state index contributed by atoms with van der Waals surface area (Å²) in [5.41, 5.74) is 10.9. The third kappa shape index (κ3) is 3.14. The summed E-state index contributed by atoms with van der Waals surface area (Å²) in [6.45, 7) is 6.52. The number of aryl methyl sites for hydroxylation is 4. The second kappa shape index (κ2) is 7.51. The van der Waals surface area contributed by atoms with Gasteiger partial charge in [-0.25, -0.2) is 4.57 Å². The van der Waals surface area contributed by atoms with Gasteiger partial charge in [0.05, 0.1) is 12.6 Å². The van der Waals surface area contributed by atoms with Crippen LogP contribution in [0.5, 0.6) is 0 Å². The van der Waals surface area contributed by atoms with E-state index in [1.807, 2.05) is 12.4 Å². The van der Waals surface area contributed by atoms with Crippen molar-refractivity contribution >= 4 is 11.0 Å². The maximum atomic E-state index is 4.46. The molecule has 0 radical (unpaired) electrons. The van der Waals surface area contributed by atoms with Crippen molar-refractivity contribution in [3.8, 4) is 28.2 Å². The highest BCUT2D eigenvalue weighted by Gasteiger charge is 2.29. The van der Waals surface area contributed by atoms with E-state index in [-0.39, 0.29) is 0 Å². The maximum absolute atomic E-state index is 4.46. The Labute approximate surface area is 183 Å². The Morgan fingerprint density at radius 3 is 2.23 bits per heavy atom. The van der Waals surface area contributed by atoms with Gasteiger partial charge in [-0.1, -0.05) is 48.5 Å². The van der Waals surface area contributed by atoms with Crippen LogP contribution in [0, 0.1) is 20.8 Å². The molecule has 0 fully saturated rings. The molecule has 0 saturated carbocycles. The molecular formula is C28H26N3+. The van der Waals surface area contributed by atoms with E-state index in [0.29, 0.717) is 0 Å². The molecule has 0 N–H and O–H groups in total. The van der Waals surface area contributed by atoms with E-state index in [9.17, 15) is 0 Å². The molecule has 0 saturated heterocycles. The second-order valence-corrected chi connectivity index (χ2v) is 8.22. The molecule has 0 aliphatic carbocycles. The number of hydrogen-bond acceptors (Lipinski definition) is 1. The molecular weight excluding hydrogens is 378 g/mol. The Balaban J connectivity index is 1.94. The van der Waals surface area contributed by atoms with Gasteiger partial charge >= 0.3 is 0 Å². The highest BCUT2D eigenvalue weighted by Crippen LogP contribution is 2.34. The molecule has 3 heteroatoms. The fourth-order valence-corrected chi connectivity index (χ4v) is 4.39. The van der Waals surface area contributed by atoms with Crippen molar-refractivity contribution in [3.05, 3.63) is 102 Å². The third-order valence-electron chi connectivity index (χ3n) is 6.23. The number of nitrogens with zero attached hydrogens (tertiary/aromatic N) is 3. The normalized spacial score (nSPS) is 11.2. The molecule has 5 aromatic rings. The van der Waals surface area contributed by atoms with Gasteiger partial charge in [0, 0.05) is 18.0 Å². The molecule has 0 aliphatic heterocycles. The maximum Gasteiger partial charge on any atom is 0.296 e. The van der Waals surface area contributed by atoms with Crippen LogP contribution in [0.1, 0.15) is 16.7 Å². The van der Waals surface area contributed by atoms with E-state index in [4.69, 9.17) is 0 Å². The summed E-state index contributed by atoms with van der Waals surface area (Å²) in [7, 11) is 2.15. The highest BCUT2D eigenvalue weighted by atomic mass is 15.2. The van der Waals surface area contributed by atoms with E-state index in [1.165, 1.54) is 44.5 Å². The monoisotopic (exact) mass is 404 g/mol. The number of benzene rings is 3. The Bertz CT molecular complexity index is 1410. The summed E-state index contributed by atoms with van der Waals surface area (Å²) < 4.78 is 4.70. The number of hydrogen-bond donors (Lipinski definition) is 0. The van der Waals surface area contributed by atoms with Gasteiger partial charge in [0.2, 0.25) is 0 Å². The summed E-state index contributed by atoms with van der Waals surface area (Å²) >= 11 is 0. The third-order valence-corrected chi connectivity index (χ3v) is 6.23. The fraction of sp³-hybridized carbons (Fsp3) is 0.143. The van der Waals surface area contributed by atoms with Crippen molar-refractivity contribution in [2.75, 3.05) is 0 Å². The molecule has 2 aromatic heterocycles. The van der Waals surface area contributed by atoms with Crippen LogP contribution in [-0.2, 0) is 7.05 Å². The van der Waals surface area contributed by atoms with Crippen LogP contribution in [0.4, 0.5) is 0 Å². The summed E-state index contributed by atoms with van der Waals surface area (Å²) in [6, 6.07) is 25.9. The van der Waals surface area contributed by atoms with Crippen LogP contribution < -0.4 is 4.57 Å². The predicted octanol–water partition coefficient (Wildman–Crippen LogP) is 6.11. The number of aromatic nitrogens is 3. The first-order valence-corrected chi connectivity index (χ1v) is 10.6. The molecule has 0 amide bonds. The first-order chi connectivity index (χ1) is 15.1. The summed E-state index contributed by atoms with van der Waals surface area (Å²) in [6.07, 6.45) is 3.84. The van der Waals surface area contributed by atoms with Gasteiger partial charge in [-0.2, -0.15) is 4.57 Å². The van der Waals surface area contributed by atoms with Gasteiger partial charge < -0.3 is 0 Å². The lowest BCUT2D eigenvalue weighted by Gasteiger charge is -2.10. The van der Waals surface area contributed by atoms with Gasteiger partial charge in [-0.15, -0.1) is 0 Å². The Hall–Kier alpha value is -3.72. The molecule has 0 bridgehead atoms. The standard InChI is InChI=1S/C28H26N3/c1-19-14-15-29-18-24(19)28-30(4)26-16-20(2)21(3)17-27(26)31(28)25-13-9-8-12-23(25)22-10-6-5-7-11-22/h5-18H,1-4H3/q+1. The van der Waals surface area contributed by atoms with Crippen molar-refractivity contribution in [3.63, 3.8) is 0 Å². The minimum atomic E-state index is 1.13. The molecule has 5 rings (SSSR count). The quantitative estimate of drug-likeness (QED) is 0.333. The molecule has 31 heavy (non-hydrogen) atoms. The van der Waals surface area contributed by atoms with E-state index < -0.39 is 0 Å². The SMILES string of the molecule is Cc1cc2c(cc1C)[n+](C)c(-c1cnccc1C)n2-c1ccccc1-c1ccccc1. The van der Waals surface area contributed by atoms with Crippen molar-refractivity contribution in [1.29, 1.82) is 0 Å². The molecule has 0 atom stereocenters. The topological polar surface area (TPSA) is 21.7 Å².